The molecule has 0 amide bonds. The van der Waals surface area contributed by atoms with E-state index in [-0.39, 0.29) is 24.0 Å². The molecule has 0 aliphatic carbocycles. The number of benzene rings is 1. The molecule has 0 bridgehead atoms. The molecule has 2 rings (SSSR count). The Balaban J connectivity index is 0.00000420. The molecule has 0 unspecified atom stereocenters. The molecule has 0 aliphatic heterocycles. The molecule has 8 heteroatoms. The molecule has 1 heterocycles. The summed E-state index contributed by atoms with van der Waals surface area (Å²) in [5.74, 6) is 3.07. The van der Waals surface area contributed by atoms with Crippen molar-refractivity contribution < 1.29 is 14.2 Å². The molecule has 0 saturated heterocycles. The Morgan fingerprint density at radius 3 is 2.45 bits per heavy atom. The first-order chi connectivity index (χ1) is 13.8. The van der Waals surface area contributed by atoms with Gasteiger partial charge in [-0.25, -0.2) is 0 Å². The molecule has 2 N–H and O–H groups in total. The smallest absolute Gasteiger partial charge is 0.191 e. The highest BCUT2D eigenvalue weighted by Gasteiger charge is 2.06. The number of aromatic nitrogens is 1. The van der Waals surface area contributed by atoms with Crippen LogP contribution in [0.15, 0.2) is 47.7 Å². The average Bonchev–Trinajstić information content (AvgIpc) is 2.72. The maximum atomic E-state index is 5.68. The molecule has 0 saturated carbocycles. The van der Waals surface area contributed by atoms with Crippen LogP contribution in [0.5, 0.6) is 17.2 Å². The normalized spacial score (nSPS) is 10.7. The van der Waals surface area contributed by atoms with Crippen molar-refractivity contribution in [2.75, 3.05) is 40.0 Å². The predicted octanol–water partition coefficient (Wildman–Crippen LogP) is 3.28. The van der Waals surface area contributed by atoms with Gasteiger partial charge in [0.1, 0.15) is 12.4 Å². The molecule has 160 valence electrons. The van der Waals surface area contributed by atoms with E-state index in [2.05, 4.69) is 26.7 Å². The second kappa shape index (κ2) is 14.7. The van der Waals surface area contributed by atoms with Crippen LogP contribution in [0, 0.1) is 0 Å². The first-order valence-corrected chi connectivity index (χ1v) is 9.62. The number of pyridine rings is 1. The Kier molecular flexibility index (Phi) is 12.6. The number of rotatable bonds is 11. The minimum atomic E-state index is 0. The average molecular weight is 514 g/mol. The molecular weight excluding hydrogens is 483 g/mol. The standard InChI is InChI=1S/C21H30N4O3.HI/c1-4-26-19-9-8-17(15-20(19)27-5-2)10-12-24-21(22-3)25-13-14-28-18-7-6-11-23-16-18;/h6-9,11,15-16H,4-5,10,12-14H2,1-3H3,(H2,22,24,25);1H. The van der Waals surface area contributed by atoms with Gasteiger partial charge >= 0.3 is 0 Å². The van der Waals surface area contributed by atoms with Crippen LogP contribution in [-0.2, 0) is 6.42 Å². The van der Waals surface area contributed by atoms with Gasteiger partial charge in [0.15, 0.2) is 17.5 Å². The highest BCUT2D eigenvalue weighted by Crippen LogP contribution is 2.28. The molecule has 1 aromatic carbocycles. The minimum Gasteiger partial charge on any atom is -0.490 e. The number of guanidine groups is 1. The Bertz CT molecular complexity index is 729. The fourth-order valence-corrected chi connectivity index (χ4v) is 2.57. The van der Waals surface area contributed by atoms with Gasteiger partial charge in [0.25, 0.3) is 0 Å². The number of ether oxygens (including phenoxy) is 3. The van der Waals surface area contributed by atoms with Crippen LogP contribution in [0.2, 0.25) is 0 Å². The summed E-state index contributed by atoms with van der Waals surface area (Å²) in [5.41, 5.74) is 1.18. The maximum Gasteiger partial charge on any atom is 0.191 e. The fraction of sp³-hybridized carbons (Fsp3) is 0.429. The molecule has 7 nitrogen and oxygen atoms in total. The van der Waals surface area contributed by atoms with Crippen LogP contribution in [-0.4, -0.2) is 50.9 Å². The monoisotopic (exact) mass is 514 g/mol. The number of hydrogen-bond donors (Lipinski definition) is 2. The molecule has 0 atom stereocenters. The van der Waals surface area contributed by atoms with E-state index in [0.29, 0.717) is 26.4 Å². The zero-order valence-corrected chi connectivity index (χ0v) is 19.6. The van der Waals surface area contributed by atoms with Crippen molar-refractivity contribution in [3.63, 3.8) is 0 Å². The van der Waals surface area contributed by atoms with Crippen molar-refractivity contribution in [2.45, 2.75) is 20.3 Å². The van der Waals surface area contributed by atoms with Crippen molar-refractivity contribution in [2.24, 2.45) is 4.99 Å². The SMILES string of the molecule is CCOc1ccc(CCNC(=NC)NCCOc2cccnc2)cc1OCC.I. The molecule has 0 spiro atoms. The summed E-state index contributed by atoms with van der Waals surface area (Å²) in [6, 6.07) is 9.79. The number of nitrogens with one attached hydrogen (secondary N) is 2. The lowest BCUT2D eigenvalue weighted by Gasteiger charge is -2.14. The maximum absolute atomic E-state index is 5.68. The Morgan fingerprint density at radius 2 is 1.76 bits per heavy atom. The van der Waals surface area contributed by atoms with Gasteiger partial charge in [0.2, 0.25) is 0 Å². The van der Waals surface area contributed by atoms with Gasteiger partial charge in [-0.2, -0.15) is 0 Å². The quantitative estimate of drug-likeness (QED) is 0.208. The second-order valence-electron chi connectivity index (χ2n) is 5.86. The number of halogens is 1. The number of aliphatic imine (C=N–C) groups is 1. The lowest BCUT2D eigenvalue weighted by Crippen LogP contribution is -2.40. The molecular formula is C21H31IN4O3. The third kappa shape index (κ3) is 9.21. The minimum absolute atomic E-state index is 0. The summed E-state index contributed by atoms with van der Waals surface area (Å²) < 4.78 is 16.9. The van der Waals surface area contributed by atoms with Crippen LogP contribution in [0.25, 0.3) is 0 Å². The van der Waals surface area contributed by atoms with Gasteiger partial charge in [-0.3, -0.25) is 9.98 Å². The highest BCUT2D eigenvalue weighted by atomic mass is 127. The van der Waals surface area contributed by atoms with Crippen molar-refractivity contribution in [3.05, 3.63) is 48.3 Å². The van der Waals surface area contributed by atoms with E-state index in [4.69, 9.17) is 14.2 Å². The topological polar surface area (TPSA) is 77.0 Å². The van der Waals surface area contributed by atoms with Crippen molar-refractivity contribution in [1.82, 2.24) is 15.6 Å². The summed E-state index contributed by atoms with van der Waals surface area (Å²) in [6.07, 6.45) is 4.26. The summed E-state index contributed by atoms with van der Waals surface area (Å²) in [6.45, 7) is 7.09. The summed E-state index contributed by atoms with van der Waals surface area (Å²) in [7, 11) is 1.75. The third-order valence-electron chi connectivity index (χ3n) is 3.84. The first-order valence-electron chi connectivity index (χ1n) is 9.62. The second-order valence-corrected chi connectivity index (χ2v) is 5.86. The Hall–Kier alpha value is -2.23. The summed E-state index contributed by atoms with van der Waals surface area (Å²) in [4.78, 5) is 8.25. The van der Waals surface area contributed by atoms with E-state index in [1.807, 2.05) is 38.1 Å². The van der Waals surface area contributed by atoms with Crippen molar-refractivity contribution >= 4 is 29.9 Å². The molecule has 29 heavy (non-hydrogen) atoms. The van der Waals surface area contributed by atoms with E-state index in [0.717, 1.165) is 36.2 Å². The van der Waals surface area contributed by atoms with Crippen LogP contribution in [0.4, 0.5) is 0 Å². The van der Waals surface area contributed by atoms with Crippen molar-refractivity contribution in [1.29, 1.82) is 0 Å². The van der Waals surface area contributed by atoms with E-state index in [1.54, 1.807) is 19.4 Å². The first kappa shape index (κ1) is 24.8. The largest absolute Gasteiger partial charge is 0.490 e. The lowest BCUT2D eigenvalue weighted by molar-refractivity contribution is 0.287. The molecule has 0 aliphatic rings. The van der Waals surface area contributed by atoms with Crippen LogP contribution in [0.1, 0.15) is 19.4 Å². The van der Waals surface area contributed by atoms with Gasteiger partial charge in [-0.15, -0.1) is 24.0 Å². The van der Waals surface area contributed by atoms with E-state index in [9.17, 15) is 0 Å². The number of hydrogen-bond acceptors (Lipinski definition) is 5. The van der Waals surface area contributed by atoms with E-state index < -0.39 is 0 Å². The Morgan fingerprint density at radius 1 is 1.00 bits per heavy atom. The zero-order chi connectivity index (χ0) is 20.0. The summed E-state index contributed by atoms with van der Waals surface area (Å²) >= 11 is 0. The molecule has 1 aromatic heterocycles. The van der Waals surface area contributed by atoms with Crippen molar-refractivity contribution in [3.8, 4) is 17.2 Å². The summed E-state index contributed by atoms with van der Waals surface area (Å²) in [5, 5.41) is 6.54. The highest BCUT2D eigenvalue weighted by molar-refractivity contribution is 14.0. The fourth-order valence-electron chi connectivity index (χ4n) is 2.57. The Labute approximate surface area is 190 Å². The van der Waals surface area contributed by atoms with Crippen LogP contribution >= 0.6 is 24.0 Å². The molecule has 0 radical (unpaired) electrons. The van der Waals surface area contributed by atoms with Gasteiger partial charge in [0, 0.05) is 19.8 Å². The third-order valence-corrected chi connectivity index (χ3v) is 3.84. The zero-order valence-electron chi connectivity index (χ0n) is 17.3. The number of nitrogens with zero attached hydrogens (tertiary/aromatic N) is 2. The van der Waals surface area contributed by atoms with Crippen LogP contribution < -0.4 is 24.8 Å². The van der Waals surface area contributed by atoms with E-state index >= 15 is 0 Å². The van der Waals surface area contributed by atoms with Gasteiger partial charge in [0.05, 0.1) is 26.0 Å². The predicted molar refractivity (Wildman–Crippen MR) is 127 cm³/mol. The van der Waals surface area contributed by atoms with Crippen LogP contribution in [0.3, 0.4) is 0 Å². The van der Waals surface area contributed by atoms with Gasteiger partial charge in [-0.1, -0.05) is 6.07 Å². The molecule has 2 aromatic rings. The molecule has 0 fully saturated rings. The van der Waals surface area contributed by atoms with Gasteiger partial charge < -0.3 is 24.8 Å². The van der Waals surface area contributed by atoms with E-state index in [1.165, 1.54) is 5.56 Å². The lowest BCUT2D eigenvalue weighted by atomic mass is 10.1. The van der Waals surface area contributed by atoms with Gasteiger partial charge in [-0.05, 0) is 50.1 Å².